The zero-order chi connectivity index (χ0) is 14.6. The van der Waals surface area contributed by atoms with Gasteiger partial charge in [0.2, 0.25) is 5.89 Å². The number of ether oxygens (including phenoxy) is 2. The lowest BCUT2D eigenvalue weighted by Crippen LogP contribution is -2.25. The third kappa shape index (κ3) is 6.65. The Morgan fingerprint density at radius 1 is 1.25 bits per heavy atom. The summed E-state index contributed by atoms with van der Waals surface area (Å²) in [6.45, 7) is 3.21. The van der Waals surface area contributed by atoms with Crippen molar-refractivity contribution in [3.05, 3.63) is 17.8 Å². The Morgan fingerprint density at radius 2 is 1.95 bits per heavy atom. The molecule has 1 rings (SSSR count). The van der Waals surface area contributed by atoms with Crippen molar-refractivity contribution in [2.75, 3.05) is 40.5 Å². The first kappa shape index (κ1) is 16.6. The Morgan fingerprint density at radius 3 is 2.65 bits per heavy atom. The molecule has 0 radical (unpaired) electrons. The highest BCUT2D eigenvalue weighted by molar-refractivity contribution is 5.91. The van der Waals surface area contributed by atoms with Gasteiger partial charge in [-0.1, -0.05) is 0 Å². The first-order chi connectivity index (χ1) is 9.77. The van der Waals surface area contributed by atoms with Crippen molar-refractivity contribution in [1.29, 1.82) is 0 Å². The summed E-state index contributed by atoms with van der Waals surface area (Å²) in [5, 5.41) is 5.92. The maximum absolute atomic E-state index is 11.7. The molecule has 0 aliphatic rings. The van der Waals surface area contributed by atoms with E-state index < -0.39 is 0 Å². The molecule has 0 aliphatic carbocycles. The van der Waals surface area contributed by atoms with E-state index in [4.69, 9.17) is 13.9 Å². The van der Waals surface area contributed by atoms with Crippen LogP contribution in [0.3, 0.4) is 0 Å². The number of aromatic nitrogens is 1. The Labute approximate surface area is 119 Å². The maximum Gasteiger partial charge on any atom is 0.273 e. The van der Waals surface area contributed by atoms with E-state index in [0.717, 1.165) is 19.4 Å². The average molecular weight is 285 g/mol. The summed E-state index contributed by atoms with van der Waals surface area (Å²) >= 11 is 0. The van der Waals surface area contributed by atoms with Gasteiger partial charge in [0.15, 0.2) is 5.69 Å². The van der Waals surface area contributed by atoms with Crippen molar-refractivity contribution in [2.45, 2.75) is 19.4 Å². The van der Waals surface area contributed by atoms with Crippen molar-refractivity contribution in [1.82, 2.24) is 15.6 Å². The first-order valence-corrected chi connectivity index (χ1v) is 6.69. The van der Waals surface area contributed by atoms with Crippen LogP contribution in [0.1, 0.15) is 29.2 Å². The first-order valence-electron chi connectivity index (χ1n) is 6.69. The largest absolute Gasteiger partial charge is 0.447 e. The monoisotopic (exact) mass is 285 g/mol. The molecule has 1 aromatic rings. The maximum atomic E-state index is 11.7. The molecule has 1 amide bonds. The Hall–Kier alpha value is -1.44. The van der Waals surface area contributed by atoms with Crippen LogP contribution in [-0.4, -0.2) is 51.4 Å². The second kappa shape index (κ2) is 10.4. The van der Waals surface area contributed by atoms with Crippen LogP contribution in [0.15, 0.2) is 10.7 Å². The van der Waals surface area contributed by atoms with Crippen molar-refractivity contribution in [2.24, 2.45) is 0 Å². The summed E-state index contributed by atoms with van der Waals surface area (Å²) < 4.78 is 15.1. The fraction of sp³-hybridized carbons (Fsp3) is 0.692. The molecule has 0 aliphatic heterocycles. The lowest BCUT2D eigenvalue weighted by molar-refractivity contribution is 0.0943. The SMILES string of the molecule is COCCCNCc1nc(C(=O)NCCCOC)co1. The topological polar surface area (TPSA) is 85.6 Å². The van der Waals surface area contributed by atoms with Crippen LogP contribution in [-0.2, 0) is 16.0 Å². The van der Waals surface area contributed by atoms with Crippen LogP contribution >= 0.6 is 0 Å². The van der Waals surface area contributed by atoms with Gasteiger partial charge in [-0.05, 0) is 19.4 Å². The number of carbonyl (C=O) groups excluding carboxylic acids is 1. The van der Waals surface area contributed by atoms with Crippen LogP contribution in [0.2, 0.25) is 0 Å². The predicted octanol–water partition coefficient (Wildman–Crippen LogP) is 0.567. The summed E-state index contributed by atoms with van der Waals surface area (Å²) in [7, 11) is 3.30. The summed E-state index contributed by atoms with van der Waals surface area (Å²) in [6, 6.07) is 0. The second-order valence-electron chi connectivity index (χ2n) is 4.25. The van der Waals surface area contributed by atoms with Crippen LogP contribution in [0, 0.1) is 0 Å². The van der Waals surface area contributed by atoms with Gasteiger partial charge in [0.1, 0.15) is 6.26 Å². The number of carbonyl (C=O) groups is 1. The quantitative estimate of drug-likeness (QED) is 0.578. The fourth-order valence-corrected chi connectivity index (χ4v) is 1.54. The van der Waals surface area contributed by atoms with Crippen LogP contribution < -0.4 is 10.6 Å². The van der Waals surface area contributed by atoms with Crippen molar-refractivity contribution in [3.8, 4) is 0 Å². The third-order valence-corrected chi connectivity index (χ3v) is 2.57. The molecular formula is C13H23N3O4. The zero-order valence-corrected chi connectivity index (χ0v) is 12.1. The summed E-state index contributed by atoms with van der Waals surface area (Å²) in [5.74, 6) is 0.278. The van der Waals surface area contributed by atoms with Gasteiger partial charge < -0.3 is 24.5 Å². The van der Waals surface area contributed by atoms with Crippen molar-refractivity contribution < 1.29 is 18.7 Å². The molecule has 0 saturated carbocycles. The van der Waals surface area contributed by atoms with E-state index in [9.17, 15) is 4.79 Å². The van der Waals surface area contributed by atoms with Crippen LogP contribution in [0.4, 0.5) is 0 Å². The van der Waals surface area contributed by atoms with Gasteiger partial charge in [-0.3, -0.25) is 4.79 Å². The van der Waals surface area contributed by atoms with E-state index in [1.54, 1.807) is 14.2 Å². The minimum Gasteiger partial charge on any atom is -0.447 e. The van der Waals surface area contributed by atoms with E-state index in [2.05, 4.69) is 15.6 Å². The summed E-state index contributed by atoms with van der Waals surface area (Å²) in [5.41, 5.74) is 0.302. The zero-order valence-electron chi connectivity index (χ0n) is 12.1. The molecule has 0 bridgehead atoms. The number of hydrogen-bond donors (Lipinski definition) is 2. The molecule has 2 N–H and O–H groups in total. The van der Waals surface area contributed by atoms with Gasteiger partial charge in [0, 0.05) is 34.0 Å². The van der Waals surface area contributed by atoms with E-state index in [-0.39, 0.29) is 5.91 Å². The smallest absolute Gasteiger partial charge is 0.273 e. The number of oxazole rings is 1. The Bertz CT molecular complexity index is 381. The van der Waals surface area contributed by atoms with Crippen molar-refractivity contribution >= 4 is 5.91 Å². The number of rotatable bonds is 11. The molecule has 1 heterocycles. The second-order valence-corrected chi connectivity index (χ2v) is 4.25. The molecule has 7 heteroatoms. The van der Waals surface area contributed by atoms with E-state index >= 15 is 0 Å². The fourth-order valence-electron chi connectivity index (χ4n) is 1.54. The third-order valence-electron chi connectivity index (χ3n) is 2.57. The predicted molar refractivity (Wildman–Crippen MR) is 73.5 cm³/mol. The highest BCUT2D eigenvalue weighted by Crippen LogP contribution is 2.01. The Kier molecular flexibility index (Phi) is 8.61. The molecule has 114 valence electrons. The van der Waals surface area contributed by atoms with Gasteiger partial charge in [-0.25, -0.2) is 4.98 Å². The average Bonchev–Trinajstić information content (AvgIpc) is 2.92. The Balaban J connectivity index is 2.22. The molecule has 0 fully saturated rings. The van der Waals surface area contributed by atoms with E-state index in [1.807, 2.05) is 0 Å². The molecule has 1 aromatic heterocycles. The molecular weight excluding hydrogens is 262 g/mol. The molecule has 0 unspecified atom stereocenters. The molecule has 0 aromatic carbocycles. The minimum absolute atomic E-state index is 0.226. The van der Waals surface area contributed by atoms with Gasteiger partial charge in [0.05, 0.1) is 6.54 Å². The highest BCUT2D eigenvalue weighted by Gasteiger charge is 2.11. The lowest BCUT2D eigenvalue weighted by Gasteiger charge is -2.01. The van der Waals surface area contributed by atoms with E-state index in [1.165, 1.54) is 6.26 Å². The lowest BCUT2D eigenvalue weighted by atomic mass is 10.4. The standard InChI is InChI=1S/C13H23N3O4/c1-18-7-3-5-14-9-12-16-11(10-20-12)13(17)15-6-4-8-19-2/h10,14H,3-9H2,1-2H3,(H,15,17). The van der Waals surface area contributed by atoms with Gasteiger partial charge >= 0.3 is 0 Å². The molecule has 0 atom stereocenters. The van der Waals surface area contributed by atoms with Gasteiger partial charge in [-0.15, -0.1) is 0 Å². The number of nitrogens with one attached hydrogen (secondary N) is 2. The number of amides is 1. The van der Waals surface area contributed by atoms with Crippen LogP contribution in [0.25, 0.3) is 0 Å². The van der Waals surface area contributed by atoms with Crippen LogP contribution in [0.5, 0.6) is 0 Å². The number of nitrogens with zero attached hydrogens (tertiary/aromatic N) is 1. The highest BCUT2D eigenvalue weighted by atomic mass is 16.5. The normalized spacial score (nSPS) is 10.7. The van der Waals surface area contributed by atoms with Gasteiger partial charge in [-0.2, -0.15) is 0 Å². The van der Waals surface area contributed by atoms with Gasteiger partial charge in [0.25, 0.3) is 5.91 Å². The summed E-state index contributed by atoms with van der Waals surface area (Å²) in [6.07, 6.45) is 3.07. The molecule has 0 saturated heterocycles. The van der Waals surface area contributed by atoms with E-state index in [0.29, 0.717) is 37.9 Å². The number of hydrogen-bond acceptors (Lipinski definition) is 6. The van der Waals surface area contributed by atoms with Crippen molar-refractivity contribution in [3.63, 3.8) is 0 Å². The molecule has 0 spiro atoms. The summed E-state index contributed by atoms with van der Waals surface area (Å²) in [4.78, 5) is 15.8. The molecule has 7 nitrogen and oxygen atoms in total. The number of methoxy groups -OCH3 is 2. The minimum atomic E-state index is -0.226. The molecule has 20 heavy (non-hydrogen) atoms.